The number of thiol groups is 1. The van der Waals surface area contributed by atoms with E-state index in [1.54, 1.807) is 6.92 Å². The maximum absolute atomic E-state index is 13.1. The molecule has 24 nitrogen and oxygen atoms in total. The minimum absolute atomic E-state index is 0.0164. The van der Waals surface area contributed by atoms with E-state index in [1.165, 1.54) is 77.0 Å². The maximum atomic E-state index is 13.1. The van der Waals surface area contributed by atoms with Gasteiger partial charge in [-0.2, -0.15) is 0 Å². The third-order valence-corrected chi connectivity index (χ3v) is 13.6. The van der Waals surface area contributed by atoms with Crippen molar-refractivity contribution >= 4 is 75.2 Å². The summed E-state index contributed by atoms with van der Waals surface area (Å²) >= 11 is 3.51. The number of carbonyl (C=O) groups is 8. The summed E-state index contributed by atoms with van der Waals surface area (Å²) in [6.07, 6.45) is 26.0. The first-order valence-corrected chi connectivity index (χ1v) is 31.1. The van der Waals surface area contributed by atoms with E-state index < -0.39 is 23.8 Å². The lowest BCUT2D eigenvalue weighted by atomic mass is 9.78. The number of unbranched alkanes of at least 4 members (excludes halogenated alkanes) is 16. The van der Waals surface area contributed by atoms with Crippen LogP contribution in [0, 0.1) is 11.8 Å². The highest BCUT2D eigenvalue weighted by Gasteiger charge is 2.31. The van der Waals surface area contributed by atoms with Gasteiger partial charge in [0.05, 0.1) is 58.8 Å². The van der Waals surface area contributed by atoms with Gasteiger partial charge in [0.25, 0.3) is 0 Å². The zero-order valence-electron chi connectivity index (χ0n) is 51.4. The van der Waals surface area contributed by atoms with Gasteiger partial charge >= 0.3 is 5.97 Å². The largest absolute Gasteiger partial charge is 0.481 e. The number of aliphatic imine (C=N–C) groups is 1. The van der Waals surface area contributed by atoms with Crippen molar-refractivity contribution < 1.29 is 67.5 Å². The van der Waals surface area contributed by atoms with E-state index >= 15 is 0 Å². The number of aliphatic hydroxyl groups excluding tert-OH is 1. The maximum Gasteiger partial charge on any atom is 0.303 e. The molecule has 1 aliphatic carbocycles. The molecule has 488 valence electrons. The smallest absolute Gasteiger partial charge is 0.303 e. The highest BCUT2D eigenvalue weighted by atomic mass is 32.1. The van der Waals surface area contributed by atoms with Gasteiger partial charge in [0.2, 0.25) is 29.5 Å². The van der Waals surface area contributed by atoms with E-state index in [9.17, 15) is 38.4 Å². The number of hydrogen-bond donors (Lipinski definition) is 12. The fourth-order valence-electron chi connectivity index (χ4n) is 8.04. The van der Waals surface area contributed by atoms with Crippen molar-refractivity contribution in [1.82, 2.24) is 26.0 Å². The zero-order chi connectivity index (χ0) is 63.2. The third-order valence-electron chi connectivity index (χ3n) is 12.9. The van der Waals surface area contributed by atoms with E-state index in [2.05, 4.69) is 56.5 Å². The number of carboxylic acids is 1. The highest BCUT2D eigenvalue weighted by molar-refractivity contribution is 7.78. The van der Waals surface area contributed by atoms with Crippen molar-refractivity contribution in [3.63, 3.8) is 0 Å². The van der Waals surface area contributed by atoms with Crippen molar-refractivity contribution in [1.29, 1.82) is 0 Å². The summed E-state index contributed by atoms with van der Waals surface area (Å²) in [5.41, 5.74) is 21.1. The van der Waals surface area contributed by atoms with Crippen LogP contribution in [0.5, 0.6) is 0 Å². The molecule has 83 heavy (non-hydrogen) atoms. The summed E-state index contributed by atoms with van der Waals surface area (Å²) in [6.45, 7) is 9.94. The summed E-state index contributed by atoms with van der Waals surface area (Å²) < 4.78 is 23.5. The van der Waals surface area contributed by atoms with Gasteiger partial charge in [-0.3, -0.25) is 43.3 Å². The normalized spacial score (nSPS) is 14.6. The second-order valence-corrected chi connectivity index (χ2v) is 21.1. The van der Waals surface area contributed by atoms with Gasteiger partial charge in [0.15, 0.2) is 5.52 Å². The lowest BCUT2D eigenvalue weighted by Gasteiger charge is -2.32. The van der Waals surface area contributed by atoms with Gasteiger partial charge < -0.3 is 78.2 Å². The van der Waals surface area contributed by atoms with Crippen molar-refractivity contribution in [2.75, 3.05) is 93.2 Å². The van der Waals surface area contributed by atoms with Crippen LogP contribution in [-0.2, 0) is 57.3 Å². The minimum Gasteiger partial charge on any atom is -0.481 e. The fraction of sp³-hybridized carbons (Fsp3) is 0.842. The summed E-state index contributed by atoms with van der Waals surface area (Å²) in [5, 5.41) is 27.4. The molecule has 0 aliphatic heterocycles. The molecule has 0 aromatic rings. The summed E-state index contributed by atoms with van der Waals surface area (Å²) in [6, 6.07) is -1.24. The fourth-order valence-corrected chi connectivity index (χ4v) is 8.20. The molecule has 0 saturated heterocycles. The lowest BCUT2D eigenvalue weighted by Crippen LogP contribution is -2.48. The Morgan fingerprint density at radius 2 is 1.17 bits per heavy atom. The van der Waals surface area contributed by atoms with Crippen LogP contribution < -0.4 is 48.9 Å². The number of aliphatic carboxylic acids is 1. The quantitative estimate of drug-likeness (QED) is 0.0102. The SMILES string of the molecule is CC(N)C(=O)P.CC(NC(=O)CCCCCCCCCCCCCCCCCCC(=O)O)C1CCC(C(=O)NC(CCC(=O)NCCOCCOCC(N)=NCCOCCOCC=O)C(N)=O)CC1.CCCCNC.CO.NC(=O)CNS. The molecule has 0 spiro atoms. The Balaban J connectivity index is -0.00000133. The number of primary amides is 2. The van der Waals surface area contributed by atoms with Crippen molar-refractivity contribution in [3.8, 4) is 0 Å². The van der Waals surface area contributed by atoms with E-state index in [4.69, 9.17) is 46.4 Å². The van der Waals surface area contributed by atoms with Crippen LogP contribution in [0.15, 0.2) is 4.99 Å². The molecular formula is C57H115N10O14PS. The Morgan fingerprint density at radius 3 is 1.60 bits per heavy atom. The first-order chi connectivity index (χ1) is 39.9. The predicted octanol–water partition coefficient (Wildman–Crippen LogP) is 4.15. The number of aliphatic hydroxyl groups is 1. The first-order valence-electron chi connectivity index (χ1n) is 30.1. The minimum atomic E-state index is -0.947. The Bertz CT molecular complexity index is 1630. The van der Waals surface area contributed by atoms with Crippen LogP contribution in [-0.4, -0.2) is 175 Å². The molecule has 15 N–H and O–H groups in total. The molecule has 0 aromatic heterocycles. The number of nitrogens with zero attached hydrogens (tertiary/aromatic N) is 1. The number of nitrogens with two attached hydrogens (primary N) is 4. The molecule has 0 radical (unpaired) electrons. The number of amidine groups is 1. The van der Waals surface area contributed by atoms with Crippen molar-refractivity contribution in [2.45, 2.75) is 206 Å². The zero-order valence-corrected chi connectivity index (χ0v) is 53.5. The van der Waals surface area contributed by atoms with Crippen LogP contribution in [0.4, 0.5) is 0 Å². The number of nitrogens with one attached hydrogen (secondary N) is 5. The van der Waals surface area contributed by atoms with Crippen LogP contribution in [0.3, 0.4) is 0 Å². The number of hydrogen-bond acceptors (Lipinski definition) is 18. The molecule has 5 amide bonds. The van der Waals surface area contributed by atoms with Gasteiger partial charge in [0.1, 0.15) is 31.4 Å². The topological polar surface area (TPSA) is 391 Å². The van der Waals surface area contributed by atoms with Gasteiger partial charge in [-0.05, 0) is 84.7 Å². The molecule has 1 rings (SSSR count). The molecule has 26 heteroatoms. The third kappa shape index (κ3) is 65.5. The number of ether oxygens (including phenoxy) is 4. The highest BCUT2D eigenvalue weighted by Crippen LogP contribution is 2.31. The van der Waals surface area contributed by atoms with Gasteiger partial charge in [0, 0.05) is 44.9 Å². The number of carbonyl (C=O) groups excluding carboxylic acids is 7. The van der Waals surface area contributed by atoms with Crippen LogP contribution in [0.25, 0.3) is 0 Å². The number of rotatable bonds is 49. The van der Waals surface area contributed by atoms with E-state index in [0.29, 0.717) is 77.4 Å². The van der Waals surface area contributed by atoms with E-state index in [-0.39, 0.29) is 92.9 Å². The number of carboxylic acid groups (broad SMARTS) is 1. The lowest BCUT2D eigenvalue weighted by molar-refractivity contribution is -0.137. The molecule has 4 atom stereocenters. The Morgan fingerprint density at radius 1 is 0.675 bits per heavy atom. The van der Waals surface area contributed by atoms with Crippen LogP contribution >= 0.6 is 22.1 Å². The number of amides is 5. The van der Waals surface area contributed by atoms with Gasteiger partial charge in [-0.15, -0.1) is 0 Å². The molecular weight excluding hydrogens is 1110 g/mol. The Kier molecular flexibility index (Phi) is 67.6. The predicted molar refractivity (Wildman–Crippen MR) is 335 cm³/mol. The molecule has 0 aromatic carbocycles. The molecule has 0 heterocycles. The number of aldehydes is 1. The van der Waals surface area contributed by atoms with Crippen LogP contribution in [0.2, 0.25) is 0 Å². The van der Waals surface area contributed by atoms with Crippen molar-refractivity contribution in [3.05, 3.63) is 0 Å². The molecule has 1 saturated carbocycles. The van der Waals surface area contributed by atoms with Crippen molar-refractivity contribution in [2.24, 2.45) is 39.8 Å². The second-order valence-electron chi connectivity index (χ2n) is 20.2. The molecule has 4 unspecified atom stereocenters. The second kappa shape index (κ2) is 65.6. The summed E-state index contributed by atoms with van der Waals surface area (Å²) in [4.78, 5) is 94.8. The van der Waals surface area contributed by atoms with E-state index in [1.807, 2.05) is 23.2 Å². The standard InChI is InChI=1S/C46H84N6O11.C5H13N.C3H8NOP.C2H6N2OS.CH4O/c1-37(51-43(55)18-16-14-12-10-8-6-4-2-3-5-7-9-11-13-15-17-19-44(56)57)38-20-22-39(23-21-38)46(59)52-40(45(48)58)24-25-42(54)50-27-30-61-34-35-63-36-41(47)49-26-29-60-32-33-62-31-28-53;1-3-4-5-6-2;1-2(4)3(5)6;3-2(5)1-4-6;1-2/h28,37-40H,2-27,29-36H2,1H3,(H2,47,49)(H2,48,58)(H,50,54)(H,51,55)(H,52,59)(H,56,57);6H,3-5H2,1-2H3;2H,4,6H2,1H3;4,6H,1H2,(H2,3,5);2H,1H3. The molecule has 0 bridgehead atoms. The Hall–Kier alpha value is -3.91. The molecule has 1 fully saturated rings. The van der Waals surface area contributed by atoms with Crippen LogP contribution in [0.1, 0.15) is 188 Å². The average molecular weight is 1230 g/mol. The average Bonchev–Trinajstić information content (AvgIpc) is 3.53. The first kappa shape index (κ1) is 85.5. The van der Waals surface area contributed by atoms with E-state index in [0.717, 1.165) is 65.0 Å². The van der Waals surface area contributed by atoms with Gasteiger partial charge in [-0.1, -0.05) is 125 Å². The monoisotopic (exact) mass is 1230 g/mol. The summed E-state index contributed by atoms with van der Waals surface area (Å²) in [7, 11) is 4.99. The van der Waals surface area contributed by atoms with Gasteiger partial charge in [-0.25, -0.2) is 0 Å². The summed E-state index contributed by atoms with van der Waals surface area (Å²) in [5.74, 6) is -1.83. The Labute approximate surface area is 505 Å². The molecule has 1 aliphatic rings.